The van der Waals surface area contributed by atoms with E-state index in [1.807, 2.05) is 6.08 Å². The molecule has 0 spiro atoms. The zero-order valence-corrected chi connectivity index (χ0v) is 8.96. The van der Waals surface area contributed by atoms with Crippen molar-refractivity contribution in [1.29, 1.82) is 0 Å². The number of carboxylic acids is 1. The van der Waals surface area contributed by atoms with Gasteiger partial charge in [-0.3, -0.25) is 14.9 Å². The Morgan fingerprint density at radius 3 is 2.65 bits per heavy atom. The summed E-state index contributed by atoms with van der Waals surface area (Å²) < 4.78 is 0. The summed E-state index contributed by atoms with van der Waals surface area (Å²) in [4.78, 5) is 26.7. The van der Waals surface area contributed by atoms with Gasteiger partial charge in [0.1, 0.15) is 6.33 Å². The molecule has 0 unspecified atom stereocenters. The summed E-state index contributed by atoms with van der Waals surface area (Å²) >= 11 is 0. The Morgan fingerprint density at radius 1 is 1.35 bits per heavy atom. The Morgan fingerprint density at radius 2 is 2.06 bits per heavy atom. The van der Waals surface area contributed by atoms with Crippen LogP contribution >= 0.6 is 0 Å². The zero-order chi connectivity index (χ0) is 12.3. The molecule has 0 aliphatic heterocycles. The summed E-state index contributed by atoms with van der Waals surface area (Å²) in [6.07, 6.45) is 5.69. The summed E-state index contributed by atoms with van der Waals surface area (Å²) in [5.41, 5.74) is 0. The Kier molecular flexibility index (Phi) is 3.17. The molecule has 0 saturated carbocycles. The molecule has 7 heteroatoms. The van der Waals surface area contributed by atoms with Gasteiger partial charge in [0, 0.05) is 0 Å². The lowest BCUT2D eigenvalue weighted by Crippen LogP contribution is -2.35. The predicted molar refractivity (Wildman–Crippen MR) is 58.0 cm³/mol. The van der Waals surface area contributed by atoms with Gasteiger partial charge in [0.15, 0.2) is 0 Å². The van der Waals surface area contributed by atoms with Crippen molar-refractivity contribution in [3.8, 4) is 0 Å². The van der Waals surface area contributed by atoms with Crippen molar-refractivity contribution >= 4 is 17.8 Å². The molecule has 7 nitrogen and oxygen atoms in total. The summed E-state index contributed by atoms with van der Waals surface area (Å²) in [6.45, 7) is 0. The summed E-state index contributed by atoms with van der Waals surface area (Å²) in [6, 6.07) is 0. The van der Waals surface area contributed by atoms with E-state index >= 15 is 0 Å². The number of nitrogens with one attached hydrogen (secondary N) is 2. The second-order valence-corrected chi connectivity index (χ2v) is 3.82. The van der Waals surface area contributed by atoms with Crippen molar-refractivity contribution < 1.29 is 14.7 Å². The molecular weight excluding hydrogens is 224 g/mol. The first kappa shape index (κ1) is 11.3. The Balaban J connectivity index is 2.07. The number of carbonyl (C=O) groups is 2. The minimum Gasteiger partial charge on any atom is -0.481 e. The summed E-state index contributed by atoms with van der Waals surface area (Å²) in [5.74, 6) is -2.32. The number of aliphatic carboxylic acids is 1. The second kappa shape index (κ2) is 4.77. The molecule has 0 bridgehead atoms. The number of carboxylic acid groups (broad SMARTS) is 1. The van der Waals surface area contributed by atoms with Crippen LogP contribution in [0.1, 0.15) is 12.8 Å². The van der Waals surface area contributed by atoms with Crippen LogP contribution in [0.25, 0.3) is 0 Å². The Bertz CT molecular complexity index is 440. The first-order chi connectivity index (χ1) is 8.18. The van der Waals surface area contributed by atoms with E-state index < -0.39 is 17.8 Å². The van der Waals surface area contributed by atoms with Crippen LogP contribution in [0.3, 0.4) is 0 Å². The second-order valence-electron chi connectivity index (χ2n) is 3.82. The molecule has 1 heterocycles. The molecule has 90 valence electrons. The maximum Gasteiger partial charge on any atom is 0.307 e. The average molecular weight is 236 g/mol. The van der Waals surface area contributed by atoms with Crippen LogP contribution in [0.4, 0.5) is 5.95 Å². The van der Waals surface area contributed by atoms with E-state index in [4.69, 9.17) is 5.11 Å². The van der Waals surface area contributed by atoms with Gasteiger partial charge in [0.05, 0.1) is 11.8 Å². The highest BCUT2D eigenvalue weighted by atomic mass is 16.4. The molecule has 0 fully saturated rings. The van der Waals surface area contributed by atoms with Crippen molar-refractivity contribution in [3.05, 3.63) is 18.5 Å². The number of anilines is 1. The van der Waals surface area contributed by atoms with Gasteiger partial charge in [-0.15, -0.1) is 0 Å². The molecule has 17 heavy (non-hydrogen) atoms. The highest BCUT2D eigenvalue weighted by molar-refractivity contribution is 5.94. The van der Waals surface area contributed by atoms with Crippen LogP contribution in [0.5, 0.6) is 0 Å². The van der Waals surface area contributed by atoms with Crippen molar-refractivity contribution in [2.24, 2.45) is 11.8 Å². The molecule has 2 rings (SSSR count). The van der Waals surface area contributed by atoms with Gasteiger partial charge >= 0.3 is 5.97 Å². The van der Waals surface area contributed by atoms with Gasteiger partial charge in [-0.25, -0.2) is 5.10 Å². The minimum absolute atomic E-state index is 0.230. The lowest BCUT2D eigenvalue weighted by atomic mass is 9.82. The van der Waals surface area contributed by atoms with E-state index in [0.717, 1.165) is 0 Å². The quantitative estimate of drug-likeness (QED) is 0.659. The molecule has 2 atom stereocenters. The number of H-pyrrole nitrogens is 1. The van der Waals surface area contributed by atoms with E-state index in [-0.39, 0.29) is 11.9 Å². The number of hydrogen-bond acceptors (Lipinski definition) is 4. The molecule has 0 radical (unpaired) electrons. The standard InChI is InChI=1S/C10H12N4O3/c15-8(13-10-11-5-12-14-10)6-3-1-2-4-7(6)9(16)17/h1-2,5-7H,3-4H2,(H,16,17)(H2,11,12,13,14,15)/t6-,7+/m0/s1. The number of carbonyl (C=O) groups excluding carboxylic acids is 1. The Hall–Kier alpha value is -2.18. The fourth-order valence-electron chi connectivity index (χ4n) is 1.85. The van der Waals surface area contributed by atoms with E-state index in [1.165, 1.54) is 6.33 Å². The van der Waals surface area contributed by atoms with Crippen molar-refractivity contribution in [1.82, 2.24) is 15.2 Å². The van der Waals surface area contributed by atoms with Crippen LogP contribution in [0.2, 0.25) is 0 Å². The summed E-state index contributed by atoms with van der Waals surface area (Å²) in [5, 5.41) is 17.6. The van der Waals surface area contributed by atoms with Gasteiger partial charge in [0.2, 0.25) is 11.9 Å². The molecule has 0 aromatic carbocycles. The van der Waals surface area contributed by atoms with Crippen molar-refractivity contribution in [2.75, 3.05) is 5.32 Å². The number of hydrogen-bond donors (Lipinski definition) is 3. The first-order valence-electron chi connectivity index (χ1n) is 5.22. The lowest BCUT2D eigenvalue weighted by molar-refractivity contribution is -0.146. The molecule has 1 aromatic rings. The molecular formula is C10H12N4O3. The maximum atomic E-state index is 11.9. The van der Waals surface area contributed by atoms with Crippen LogP contribution in [-0.2, 0) is 9.59 Å². The van der Waals surface area contributed by atoms with Crippen molar-refractivity contribution in [3.63, 3.8) is 0 Å². The number of aromatic amines is 1. The third kappa shape index (κ3) is 2.49. The minimum atomic E-state index is -0.952. The van der Waals surface area contributed by atoms with E-state index in [0.29, 0.717) is 12.8 Å². The number of aromatic nitrogens is 3. The Labute approximate surface area is 96.9 Å². The highest BCUT2D eigenvalue weighted by Crippen LogP contribution is 2.26. The largest absolute Gasteiger partial charge is 0.481 e. The van der Waals surface area contributed by atoms with Gasteiger partial charge in [0.25, 0.3) is 0 Å². The number of amides is 1. The molecule has 1 amide bonds. The van der Waals surface area contributed by atoms with Crippen LogP contribution in [-0.4, -0.2) is 32.2 Å². The lowest BCUT2D eigenvalue weighted by Gasteiger charge is -2.23. The summed E-state index contributed by atoms with van der Waals surface area (Å²) in [7, 11) is 0. The third-order valence-corrected chi connectivity index (χ3v) is 2.74. The fraction of sp³-hybridized carbons (Fsp3) is 0.400. The zero-order valence-electron chi connectivity index (χ0n) is 8.96. The number of rotatable bonds is 3. The molecule has 1 aliphatic carbocycles. The van der Waals surface area contributed by atoms with Crippen molar-refractivity contribution in [2.45, 2.75) is 12.8 Å². The topological polar surface area (TPSA) is 108 Å². The maximum absolute atomic E-state index is 11.9. The van der Waals surface area contributed by atoms with E-state index in [1.54, 1.807) is 6.08 Å². The van der Waals surface area contributed by atoms with Crippen LogP contribution in [0.15, 0.2) is 18.5 Å². The SMILES string of the molecule is O=C(Nc1ncn[nH]1)[C@H]1CC=CC[C@H]1C(=O)O. The fourth-order valence-corrected chi connectivity index (χ4v) is 1.85. The highest BCUT2D eigenvalue weighted by Gasteiger charge is 2.34. The normalized spacial score (nSPS) is 23.3. The average Bonchev–Trinajstić information content (AvgIpc) is 2.81. The third-order valence-electron chi connectivity index (χ3n) is 2.74. The van der Waals surface area contributed by atoms with E-state index in [2.05, 4.69) is 20.5 Å². The molecule has 1 aromatic heterocycles. The predicted octanol–water partition coefficient (Wildman–Crippen LogP) is 0.410. The van der Waals surface area contributed by atoms with E-state index in [9.17, 15) is 9.59 Å². The van der Waals surface area contributed by atoms with Gasteiger partial charge in [-0.2, -0.15) is 10.1 Å². The smallest absolute Gasteiger partial charge is 0.307 e. The monoisotopic (exact) mass is 236 g/mol. The van der Waals surface area contributed by atoms with Crippen LogP contribution in [0, 0.1) is 11.8 Å². The van der Waals surface area contributed by atoms with Gasteiger partial charge < -0.3 is 5.11 Å². The van der Waals surface area contributed by atoms with Crippen LogP contribution < -0.4 is 5.32 Å². The van der Waals surface area contributed by atoms with Gasteiger partial charge in [-0.05, 0) is 12.8 Å². The number of nitrogens with zero attached hydrogens (tertiary/aromatic N) is 2. The van der Waals surface area contributed by atoms with Gasteiger partial charge in [-0.1, -0.05) is 12.2 Å². The first-order valence-corrected chi connectivity index (χ1v) is 5.22. The number of allylic oxidation sites excluding steroid dienone is 2. The molecule has 0 saturated heterocycles. The molecule has 3 N–H and O–H groups in total. The molecule has 1 aliphatic rings.